The SMILES string of the molecule is Cc1cccc(-c2nnc(SC(C)C(=O)N(C)C)n2-c2ccccc2)c1. The van der Waals surface area contributed by atoms with E-state index in [0.717, 1.165) is 22.6 Å². The van der Waals surface area contributed by atoms with Gasteiger partial charge >= 0.3 is 0 Å². The summed E-state index contributed by atoms with van der Waals surface area (Å²) < 4.78 is 2.01. The summed E-state index contributed by atoms with van der Waals surface area (Å²) in [5.74, 6) is 0.821. The van der Waals surface area contributed by atoms with Crippen LogP contribution in [0.4, 0.5) is 0 Å². The lowest BCUT2D eigenvalue weighted by Crippen LogP contribution is -2.29. The van der Waals surface area contributed by atoms with Gasteiger partial charge in [-0.25, -0.2) is 0 Å². The summed E-state index contributed by atoms with van der Waals surface area (Å²) >= 11 is 1.42. The van der Waals surface area contributed by atoms with Crippen LogP contribution in [0.25, 0.3) is 17.1 Å². The summed E-state index contributed by atoms with van der Waals surface area (Å²) in [5.41, 5.74) is 3.14. The fourth-order valence-corrected chi connectivity index (χ4v) is 3.71. The van der Waals surface area contributed by atoms with Crippen molar-refractivity contribution >= 4 is 17.7 Å². The van der Waals surface area contributed by atoms with Crippen LogP contribution in [0, 0.1) is 6.92 Å². The van der Waals surface area contributed by atoms with E-state index in [1.54, 1.807) is 19.0 Å². The molecule has 0 aliphatic heterocycles. The molecule has 134 valence electrons. The molecule has 1 atom stereocenters. The highest BCUT2D eigenvalue weighted by molar-refractivity contribution is 8.00. The first-order valence-electron chi connectivity index (χ1n) is 8.43. The quantitative estimate of drug-likeness (QED) is 0.644. The van der Waals surface area contributed by atoms with Gasteiger partial charge in [0.05, 0.1) is 5.25 Å². The molecule has 5 nitrogen and oxygen atoms in total. The molecule has 1 unspecified atom stereocenters. The minimum atomic E-state index is -0.248. The van der Waals surface area contributed by atoms with Crippen LogP contribution in [-0.4, -0.2) is 44.9 Å². The van der Waals surface area contributed by atoms with Crippen molar-refractivity contribution < 1.29 is 4.79 Å². The Morgan fingerprint density at radius 1 is 1.08 bits per heavy atom. The number of thioether (sulfide) groups is 1. The van der Waals surface area contributed by atoms with Gasteiger partial charge in [0, 0.05) is 25.3 Å². The average Bonchev–Trinajstić information content (AvgIpc) is 3.05. The van der Waals surface area contributed by atoms with E-state index in [2.05, 4.69) is 29.3 Å². The summed E-state index contributed by atoms with van der Waals surface area (Å²) in [6.07, 6.45) is 0. The summed E-state index contributed by atoms with van der Waals surface area (Å²) in [6.45, 7) is 3.95. The van der Waals surface area contributed by atoms with Gasteiger partial charge in [0.1, 0.15) is 0 Å². The van der Waals surface area contributed by atoms with Crippen molar-refractivity contribution in [2.45, 2.75) is 24.3 Å². The lowest BCUT2D eigenvalue weighted by molar-refractivity contribution is -0.127. The Bertz CT molecular complexity index is 905. The van der Waals surface area contributed by atoms with Gasteiger partial charge in [-0.15, -0.1) is 10.2 Å². The normalized spacial score (nSPS) is 12.0. The summed E-state index contributed by atoms with van der Waals surface area (Å²) in [7, 11) is 3.53. The Morgan fingerprint density at radius 2 is 1.81 bits per heavy atom. The highest BCUT2D eigenvalue weighted by Crippen LogP contribution is 2.30. The van der Waals surface area contributed by atoms with Crippen molar-refractivity contribution in [2.75, 3.05) is 14.1 Å². The molecular weight excluding hydrogens is 344 g/mol. The lowest BCUT2D eigenvalue weighted by Gasteiger charge is -2.17. The topological polar surface area (TPSA) is 51.0 Å². The molecule has 0 N–H and O–H groups in total. The number of para-hydroxylation sites is 1. The van der Waals surface area contributed by atoms with Gasteiger partial charge in [-0.05, 0) is 32.0 Å². The third-order valence-electron chi connectivity index (χ3n) is 3.99. The van der Waals surface area contributed by atoms with Crippen molar-refractivity contribution in [3.05, 3.63) is 60.2 Å². The number of amides is 1. The van der Waals surface area contributed by atoms with Crippen LogP contribution in [0.3, 0.4) is 0 Å². The Morgan fingerprint density at radius 3 is 2.46 bits per heavy atom. The highest BCUT2D eigenvalue weighted by atomic mass is 32.2. The van der Waals surface area contributed by atoms with Crippen LogP contribution in [0.2, 0.25) is 0 Å². The van der Waals surface area contributed by atoms with Crippen LogP contribution in [-0.2, 0) is 4.79 Å². The second-order valence-corrected chi connectivity index (χ2v) is 7.65. The fourth-order valence-electron chi connectivity index (χ4n) is 2.70. The first-order valence-corrected chi connectivity index (χ1v) is 9.31. The second-order valence-electron chi connectivity index (χ2n) is 6.34. The molecule has 0 aliphatic carbocycles. The largest absolute Gasteiger partial charge is 0.348 e. The molecule has 0 fully saturated rings. The van der Waals surface area contributed by atoms with Gasteiger partial charge in [-0.3, -0.25) is 9.36 Å². The summed E-state index contributed by atoms with van der Waals surface area (Å²) in [6, 6.07) is 18.2. The van der Waals surface area contributed by atoms with Gasteiger partial charge < -0.3 is 4.90 Å². The lowest BCUT2D eigenvalue weighted by atomic mass is 10.1. The third kappa shape index (κ3) is 3.80. The van der Waals surface area contributed by atoms with Crippen LogP contribution in [0.15, 0.2) is 59.8 Å². The Hall–Kier alpha value is -2.60. The molecule has 1 heterocycles. The second kappa shape index (κ2) is 7.74. The molecule has 0 spiro atoms. The van der Waals surface area contributed by atoms with Crippen molar-refractivity contribution in [3.63, 3.8) is 0 Å². The van der Waals surface area contributed by atoms with Crippen LogP contribution in [0.1, 0.15) is 12.5 Å². The van der Waals surface area contributed by atoms with Gasteiger partial charge in [0.15, 0.2) is 11.0 Å². The number of benzene rings is 2. The van der Waals surface area contributed by atoms with Crippen molar-refractivity contribution in [2.24, 2.45) is 0 Å². The maximum Gasteiger partial charge on any atom is 0.235 e. The number of rotatable bonds is 5. The van der Waals surface area contributed by atoms with E-state index in [1.165, 1.54) is 11.8 Å². The first kappa shape index (κ1) is 18.2. The highest BCUT2D eigenvalue weighted by Gasteiger charge is 2.22. The Balaban J connectivity index is 2.07. The third-order valence-corrected chi connectivity index (χ3v) is 5.02. The van der Waals surface area contributed by atoms with Crippen molar-refractivity contribution in [1.29, 1.82) is 0 Å². The Labute approximate surface area is 158 Å². The predicted molar refractivity (Wildman–Crippen MR) is 106 cm³/mol. The minimum Gasteiger partial charge on any atom is -0.348 e. The molecule has 0 saturated heterocycles. The van der Waals surface area contributed by atoms with E-state index < -0.39 is 0 Å². The molecule has 3 aromatic rings. The first-order chi connectivity index (χ1) is 12.5. The number of carbonyl (C=O) groups is 1. The summed E-state index contributed by atoms with van der Waals surface area (Å²) in [5, 5.41) is 9.27. The Kier molecular flexibility index (Phi) is 5.42. The molecule has 0 bridgehead atoms. The number of aryl methyl sites for hydroxylation is 1. The van der Waals surface area contributed by atoms with E-state index in [4.69, 9.17) is 0 Å². The molecule has 26 heavy (non-hydrogen) atoms. The number of aromatic nitrogens is 3. The van der Waals surface area contributed by atoms with E-state index in [1.807, 2.05) is 54.0 Å². The molecule has 0 saturated carbocycles. The van der Waals surface area contributed by atoms with E-state index >= 15 is 0 Å². The van der Waals surface area contributed by atoms with E-state index in [-0.39, 0.29) is 11.2 Å². The summed E-state index contributed by atoms with van der Waals surface area (Å²) in [4.78, 5) is 13.9. The van der Waals surface area contributed by atoms with E-state index in [0.29, 0.717) is 5.16 Å². The van der Waals surface area contributed by atoms with Crippen molar-refractivity contribution in [1.82, 2.24) is 19.7 Å². The number of hydrogen-bond acceptors (Lipinski definition) is 4. The van der Waals surface area contributed by atoms with Gasteiger partial charge in [-0.1, -0.05) is 53.7 Å². The van der Waals surface area contributed by atoms with Gasteiger partial charge in [0.25, 0.3) is 0 Å². The minimum absolute atomic E-state index is 0.0507. The predicted octanol–water partition coefficient (Wildman–Crippen LogP) is 3.81. The van der Waals surface area contributed by atoms with Crippen LogP contribution in [0.5, 0.6) is 0 Å². The molecule has 0 radical (unpaired) electrons. The molecule has 2 aromatic carbocycles. The number of hydrogen-bond donors (Lipinski definition) is 0. The van der Waals surface area contributed by atoms with Gasteiger partial charge in [-0.2, -0.15) is 0 Å². The smallest absolute Gasteiger partial charge is 0.235 e. The monoisotopic (exact) mass is 366 g/mol. The number of carbonyl (C=O) groups excluding carboxylic acids is 1. The fraction of sp³-hybridized carbons (Fsp3) is 0.250. The maximum atomic E-state index is 12.3. The zero-order valence-corrected chi connectivity index (χ0v) is 16.2. The van der Waals surface area contributed by atoms with E-state index in [9.17, 15) is 4.79 Å². The zero-order valence-electron chi connectivity index (χ0n) is 15.4. The molecule has 1 amide bonds. The molecule has 6 heteroatoms. The molecule has 0 aliphatic rings. The average molecular weight is 366 g/mol. The zero-order chi connectivity index (χ0) is 18.7. The van der Waals surface area contributed by atoms with Crippen LogP contribution < -0.4 is 0 Å². The van der Waals surface area contributed by atoms with Gasteiger partial charge in [0.2, 0.25) is 5.91 Å². The van der Waals surface area contributed by atoms with Crippen LogP contribution >= 0.6 is 11.8 Å². The molecular formula is C20H22N4OS. The standard InChI is InChI=1S/C20H22N4OS/c1-14-9-8-10-16(13-14)18-21-22-20(26-15(2)19(25)23(3)4)24(18)17-11-6-5-7-12-17/h5-13,15H,1-4H3. The maximum absolute atomic E-state index is 12.3. The number of nitrogens with zero attached hydrogens (tertiary/aromatic N) is 4. The molecule has 1 aromatic heterocycles. The molecule has 3 rings (SSSR count). The van der Waals surface area contributed by atoms with Crippen molar-refractivity contribution in [3.8, 4) is 17.1 Å².